The molecule has 0 aliphatic heterocycles. The van der Waals surface area contributed by atoms with Crippen molar-refractivity contribution < 1.29 is 0 Å². The van der Waals surface area contributed by atoms with E-state index in [4.69, 9.17) is 11.6 Å². The molecule has 0 saturated heterocycles. The minimum Gasteiger partial charge on any atom is -0.312 e. The van der Waals surface area contributed by atoms with Crippen LogP contribution in [0.4, 0.5) is 0 Å². The van der Waals surface area contributed by atoms with Crippen molar-refractivity contribution in [3.05, 3.63) is 28.2 Å². The molecule has 0 spiro atoms. The Bertz CT molecular complexity index is 577. The van der Waals surface area contributed by atoms with Crippen LogP contribution < -0.4 is 5.32 Å². The molecule has 110 valence electrons. The Morgan fingerprint density at radius 2 is 1.95 bits per heavy atom. The minimum absolute atomic E-state index is 0.622. The molecule has 0 fully saturated rings. The van der Waals surface area contributed by atoms with Crippen LogP contribution in [0.25, 0.3) is 5.82 Å². The number of aromatic nitrogens is 4. The van der Waals surface area contributed by atoms with Gasteiger partial charge in [0.15, 0.2) is 5.82 Å². The summed E-state index contributed by atoms with van der Waals surface area (Å²) in [6.07, 6.45) is 1.83. The second-order valence-electron chi connectivity index (χ2n) is 5.54. The van der Waals surface area contributed by atoms with Gasteiger partial charge in [-0.2, -0.15) is 10.2 Å². The first kappa shape index (κ1) is 15.1. The molecule has 0 amide bonds. The fourth-order valence-corrected chi connectivity index (χ4v) is 2.35. The normalized spacial score (nSPS) is 11.6. The van der Waals surface area contributed by atoms with Crippen LogP contribution in [-0.2, 0) is 13.6 Å². The fourth-order valence-electron chi connectivity index (χ4n) is 2.22. The monoisotopic (exact) mass is 295 g/mol. The number of nitrogens with one attached hydrogen (secondary N) is 1. The van der Waals surface area contributed by atoms with Crippen molar-refractivity contribution in [2.24, 2.45) is 13.0 Å². The lowest BCUT2D eigenvalue weighted by molar-refractivity contribution is 0.550. The standard InChI is InChI=1S/C14H22ClN5/c1-9(2)6-16-7-12-10(3)17-19(5)14(12)20-8-13(15)11(4)18-20/h8-9,16H,6-7H2,1-5H3. The van der Waals surface area contributed by atoms with E-state index in [0.29, 0.717) is 10.9 Å². The Labute approximate surface area is 124 Å². The lowest BCUT2D eigenvalue weighted by Gasteiger charge is -2.09. The molecular formula is C14H22ClN5. The Morgan fingerprint density at radius 3 is 2.50 bits per heavy atom. The van der Waals surface area contributed by atoms with Gasteiger partial charge in [-0.3, -0.25) is 4.68 Å². The molecule has 0 saturated carbocycles. The van der Waals surface area contributed by atoms with Crippen LogP contribution >= 0.6 is 11.6 Å². The highest BCUT2D eigenvalue weighted by molar-refractivity contribution is 6.31. The number of hydrogen-bond acceptors (Lipinski definition) is 3. The number of hydrogen-bond donors (Lipinski definition) is 1. The molecule has 0 atom stereocenters. The summed E-state index contributed by atoms with van der Waals surface area (Å²) in [6, 6.07) is 0. The van der Waals surface area contributed by atoms with Gasteiger partial charge in [0, 0.05) is 19.2 Å². The zero-order valence-electron chi connectivity index (χ0n) is 12.7. The predicted molar refractivity (Wildman–Crippen MR) is 81.4 cm³/mol. The van der Waals surface area contributed by atoms with Gasteiger partial charge in [-0.15, -0.1) is 0 Å². The summed E-state index contributed by atoms with van der Waals surface area (Å²) in [6.45, 7) is 10.1. The van der Waals surface area contributed by atoms with E-state index in [2.05, 4.69) is 29.4 Å². The van der Waals surface area contributed by atoms with Crippen molar-refractivity contribution in [3.63, 3.8) is 0 Å². The molecule has 1 N–H and O–H groups in total. The molecule has 0 aliphatic carbocycles. The molecule has 0 aliphatic rings. The van der Waals surface area contributed by atoms with E-state index in [1.54, 1.807) is 0 Å². The van der Waals surface area contributed by atoms with Gasteiger partial charge in [-0.25, -0.2) is 4.68 Å². The largest absolute Gasteiger partial charge is 0.312 e. The maximum Gasteiger partial charge on any atom is 0.156 e. The van der Waals surface area contributed by atoms with Crippen molar-refractivity contribution in [3.8, 4) is 5.82 Å². The predicted octanol–water partition coefficient (Wildman–Crippen LogP) is 2.62. The molecular weight excluding hydrogens is 274 g/mol. The van der Waals surface area contributed by atoms with Crippen molar-refractivity contribution in [2.45, 2.75) is 34.2 Å². The summed E-state index contributed by atoms with van der Waals surface area (Å²) in [7, 11) is 1.93. The summed E-state index contributed by atoms with van der Waals surface area (Å²) in [5.74, 6) is 1.59. The topological polar surface area (TPSA) is 47.7 Å². The number of halogens is 1. The van der Waals surface area contributed by atoms with Crippen LogP contribution in [-0.4, -0.2) is 26.1 Å². The Morgan fingerprint density at radius 1 is 1.25 bits per heavy atom. The van der Waals surface area contributed by atoms with Gasteiger partial charge in [0.1, 0.15) is 0 Å². The first-order valence-corrected chi connectivity index (χ1v) is 7.23. The molecule has 20 heavy (non-hydrogen) atoms. The third kappa shape index (κ3) is 3.04. The second-order valence-corrected chi connectivity index (χ2v) is 5.95. The van der Waals surface area contributed by atoms with Crippen molar-refractivity contribution in [1.82, 2.24) is 24.9 Å². The van der Waals surface area contributed by atoms with Crippen LogP contribution in [0.1, 0.15) is 30.8 Å². The van der Waals surface area contributed by atoms with Crippen LogP contribution in [0.3, 0.4) is 0 Å². The first-order chi connectivity index (χ1) is 9.40. The molecule has 2 aromatic rings. The van der Waals surface area contributed by atoms with E-state index in [1.165, 1.54) is 0 Å². The number of aryl methyl sites for hydroxylation is 3. The Balaban J connectivity index is 2.32. The quantitative estimate of drug-likeness (QED) is 0.922. The van der Waals surface area contributed by atoms with Gasteiger partial charge in [0.05, 0.1) is 22.6 Å². The lowest BCUT2D eigenvalue weighted by Crippen LogP contribution is -2.20. The van der Waals surface area contributed by atoms with Crippen LogP contribution in [0.5, 0.6) is 0 Å². The first-order valence-electron chi connectivity index (χ1n) is 6.85. The van der Waals surface area contributed by atoms with Crippen molar-refractivity contribution >= 4 is 11.6 Å². The summed E-state index contributed by atoms with van der Waals surface area (Å²) in [4.78, 5) is 0. The highest BCUT2D eigenvalue weighted by Crippen LogP contribution is 2.21. The van der Waals surface area contributed by atoms with E-state index in [-0.39, 0.29) is 0 Å². The van der Waals surface area contributed by atoms with Gasteiger partial charge in [-0.1, -0.05) is 25.4 Å². The average Bonchev–Trinajstić information content (AvgIpc) is 2.80. The van der Waals surface area contributed by atoms with Gasteiger partial charge >= 0.3 is 0 Å². The van der Waals surface area contributed by atoms with Crippen LogP contribution in [0.2, 0.25) is 5.02 Å². The third-order valence-electron chi connectivity index (χ3n) is 3.22. The SMILES string of the molecule is Cc1nn(-c2c(CNCC(C)C)c(C)nn2C)cc1Cl. The molecule has 0 radical (unpaired) electrons. The van der Waals surface area contributed by atoms with Gasteiger partial charge in [0.25, 0.3) is 0 Å². The number of nitrogens with zero attached hydrogens (tertiary/aromatic N) is 4. The average molecular weight is 296 g/mol. The van der Waals surface area contributed by atoms with E-state index in [9.17, 15) is 0 Å². The van der Waals surface area contributed by atoms with E-state index < -0.39 is 0 Å². The van der Waals surface area contributed by atoms with E-state index in [1.807, 2.05) is 36.5 Å². The molecule has 0 unspecified atom stereocenters. The van der Waals surface area contributed by atoms with E-state index >= 15 is 0 Å². The molecule has 0 bridgehead atoms. The molecule has 2 heterocycles. The highest BCUT2D eigenvalue weighted by atomic mass is 35.5. The maximum absolute atomic E-state index is 6.11. The van der Waals surface area contributed by atoms with Gasteiger partial charge < -0.3 is 5.32 Å². The van der Waals surface area contributed by atoms with Crippen LogP contribution in [0, 0.1) is 19.8 Å². The molecule has 2 aromatic heterocycles. The summed E-state index contributed by atoms with van der Waals surface area (Å²) in [5.41, 5.74) is 3.00. The maximum atomic E-state index is 6.11. The van der Waals surface area contributed by atoms with Gasteiger partial charge in [-0.05, 0) is 26.3 Å². The summed E-state index contributed by atoms with van der Waals surface area (Å²) in [5, 5.41) is 13.1. The smallest absolute Gasteiger partial charge is 0.156 e. The zero-order chi connectivity index (χ0) is 14.9. The molecule has 0 aromatic carbocycles. The minimum atomic E-state index is 0.622. The Hall–Kier alpha value is -1.33. The summed E-state index contributed by atoms with van der Waals surface area (Å²) >= 11 is 6.11. The van der Waals surface area contributed by atoms with Crippen molar-refractivity contribution in [2.75, 3.05) is 6.54 Å². The lowest BCUT2D eigenvalue weighted by atomic mass is 10.2. The number of rotatable bonds is 5. The Kier molecular flexibility index (Phi) is 4.50. The molecule has 2 rings (SSSR count). The summed E-state index contributed by atoms with van der Waals surface area (Å²) < 4.78 is 3.66. The highest BCUT2D eigenvalue weighted by Gasteiger charge is 2.16. The van der Waals surface area contributed by atoms with E-state index in [0.717, 1.165) is 35.9 Å². The van der Waals surface area contributed by atoms with Crippen molar-refractivity contribution in [1.29, 1.82) is 0 Å². The second kappa shape index (κ2) is 5.97. The third-order valence-corrected chi connectivity index (χ3v) is 3.59. The zero-order valence-corrected chi connectivity index (χ0v) is 13.5. The molecule has 5 nitrogen and oxygen atoms in total. The fraction of sp³-hybridized carbons (Fsp3) is 0.571. The van der Waals surface area contributed by atoms with Gasteiger partial charge in [0.2, 0.25) is 0 Å². The van der Waals surface area contributed by atoms with Crippen LogP contribution in [0.15, 0.2) is 6.20 Å². The molecule has 6 heteroatoms.